The molecule has 1 atom stereocenters. The van der Waals surface area contributed by atoms with Crippen molar-refractivity contribution in [1.29, 1.82) is 0 Å². The highest BCUT2D eigenvalue weighted by molar-refractivity contribution is 9.10. The third-order valence-corrected chi connectivity index (χ3v) is 6.12. The van der Waals surface area contributed by atoms with Gasteiger partial charge in [-0.2, -0.15) is 0 Å². The lowest BCUT2D eigenvalue weighted by molar-refractivity contribution is -0.127. The Labute approximate surface area is 202 Å². The maximum Gasteiger partial charge on any atom is 0.271 e. The van der Waals surface area contributed by atoms with Gasteiger partial charge in [-0.25, -0.2) is 4.98 Å². The molecule has 2 aromatic carbocycles. The number of H-pyrrole nitrogens is 1. The van der Waals surface area contributed by atoms with Gasteiger partial charge in [-0.3, -0.25) is 9.59 Å². The lowest BCUT2D eigenvalue weighted by atomic mass is 9.92. The molecule has 0 saturated heterocycles. The number of Topliss-reactive ketones (excluding diaryl/α,β-unsaturated/α-hetero) is 1. The number of hydrogen-bond acceptors (Lipinski definition) is 4. The second-order valence-electron chi connectivity index (χ2n) is 8.37. The maximum atomic E-state index is 13.7. The Balaban J connectivity index is 1.74. The van der Waals surface area contributed by atoms with Crippen LogP contribution in [0.1, 0.15) is 48.1 Å². The van der Waals surface area contributed by atoms with Crippen LogP contribution in [0, 0.1) is 0 Å². The normalized spacial score (nSPS) is 16.1. The minimum absolute atomic E-state index is 0.0103. The van der Waals surface area contributed by atoms with Crippen molar-refractivity contribution in [3.05, 3.63) is 99.7 Å². The SMILES string of the molecule is CC(C)NC1=C(C(=O)c2ccccc2)C(c2ccc(Br)cc2)N(CCCc2ncc[nH]2)C1=O. The summed E-state index contributed by atoms with van der Waals surface area (Å²) < 4.78 is 0.945. The molecule has 4 rings (SSSR count). The largest absolute Gasteiger partial charge is 0.378 e. The van der Waals surface area contributed by atoms with Gasteiger partial charge in [0.25, 0.3) is 5.91 Å². The van der Waals surface area contributed by atoms with E-state index in [4.69, 9.17) is 0 Å². The van der Waals surface area contributed by atoms with E-state index in [2.05, 4.69) is 31.2 Å². The van der Waals surface area contributed by atoms with E-state index in [-0.39, 0.29) is 17.7 Å². The molecule has 1 aromatic heterocycles. The molecule has 1 aliphatic heterocycles. The third kappa shape index (κ3) is 5.09. The molecular formula is C26H27BrN4O2. The fourth-order valence-electron chi connectivity index (χ4n) is 4.15. The van der Waals surface area contributed by atoms with Crippen molar-refractivity contribution < 1.29 is 9.59 Å². The maximum absolute atomic E-state index is 13.7. The summed E-state index contributed by atoms with van der Waals surface area (Å²) >= 11 is 3.49. The smallest absolute Gasteiger partial charge is 0.271 e. The second kappa shape index (κ2) is 10.2. The molecule has 2 N–H and O–H groups in total. The minimum atomic E-state index is -0.462. The van der Waals surface area contributed by atoms with Gasteiger partial charge in [0.05, 0.1) is 11.6 Å². The molecule has 0 bridgehead atoms. The summed E-state index contributed by atoms with van der Waals surface area (Å²) in [7, 11) is 0. The Morgan fingerprint density at radius 1 is 1.15 bits per heavy atom. The highest BCUT2D eigenvalue weighted by Crippen LogP contribution is 2.39. The first-order valence-electron chi connectivity index (χ1n) is 11.1. The molecule has 3 aromatic rings. The number of benzene rings is 2. The molecule has 1 amide bonds. The van der Waals surface area contributed by atoms with Gasteiger partial charge in [0.15, 0.2) is 5.78 Å². The summed E-state index contributed by atoms with van der Waals surface area (Å²) in [6.45, 7) is 4.45. The van der Waals surface area contributed by atoms with Crippen molar-refractivity contribution in [2.45, 2.75) is 38.8 Å². The standard InChI is InChI=1S/C26H27BrN4O2/c1-17(2)30-23-22(25(32)19-7-4-3-5-8-19)24(18-10-12-20(27)13-11-18)31(26(23)33)16-6-9-21-28-14-15-29-21/h3-5,7-8,10-15,17,24,30H,6,9,16H2,1-2H3,(H,28,29). The molecule has 6 nitrogen and oxygen atoms in total. The van der Waals surface area contributed by atoms with E-state index in [0.29, 0.717) is 23.4 Å². The third-order valence-electron chi connectivity index (χ3n) is 5.60. The van der Waals surface area contributed by atoms with Crippen molar-refractivity contribution in [2.24, 2.45) is 0 Å². The van der Waals surface area contributed by atoms with Crippen LogP contribution in [0.2, 0.25) is 0 Å². The van der Waals surface area contributed by atoms with Crippen LogP contribution >= 0.6 is 15.9 Å². The first-order chi connectivity index (χ1) is 16.0. The number of aromatic amines is 1. The number of amides is 1. The summed E-state index contributed by atoms with van der Waals surface area (Å²) in [4.78, 5) is 36.6. The van der Waals surface area contributed by atoms with Gasteiger partial charge in [-0.1, -0.05) is 58.4 Å². The van der Waals surface area contributed by atoms with Crippen LogP contribution in [-0.2, 0) is 11.2 Å². The van der Waals surface area contributed by atoms with E-state index in [1.54, 1.807) is 24.5 Å². The van der Waals surface area contributed by atoms with E-state index in [9.17, 15) is 9.59 Å². The predicted molar refractivity (Wildman–Crippen MR) is 132 cm³/mol. The number of hydrogen-bond donors (Lipinski definition) is 2. The van der Waals surface area contributed by atoms with Gasteiger partial charge in [0, 0.05) is 41.4 Å². The van der Waals surface area contributed by atoms with Crippen molar-refractivity contribution in [3.63, 3.8) is 0 Å². The van der Waals surface area contributed by atoms with Crippen LogP contribution in [0.25, 0.3) is 0 Å². The molecule has 0 aliphatic carbocycles. The molecule has 0 radical (unpaired) electrons. The van der Waals surface area contributed by atoms with E-state index >= 15 is 0 Å². The lowest BCUT2D eigenvalue weighted by Gasteiger charge is -2.27. The van der Waals surface area contributed by atoms with Crippen molar-refractivity contribution in [3.8, 4) is 0 Å². The average molecular weight is 507 g/mol. The van der Waals surface area contributed by atoms with Gasteiger partial charge < -0.3 is 15.2 Å². The van der Waals surface area contributed by atoms with Crippen molar-refractivity contribution in [1.82, 2.24) is 20.2 Å². The number of carbonyl (C=O) groups excluding carboxylic acids is 2. The Hall–Kier alpha value is -3.19. The number of nitrogens with one attached hydrogen (secondary N) is 2. The Kier molecular flexibility index (Phi) is 7.08. The Bertz CT molecular complexity index is 1140. The number of imidazole rings is 1. The first-order valence-corrected chi connectivity index (χ1v) is 11.9. The van der Waals surface area contributed by atoms with Crippen molar-refractivity contribution >= 4 is 27.6 Å². The molecule has 1 aliphatic rings. The molecule has 1 unspecified atom stereocenters. The zero-order valence-electron chi connectivity index (χ0n) is 18.7. The zero-order valence-corrected chi connectivity index (χ0v) is 20.3. The number of ketones is 1. The molecule has 7 heteroatoms. The Morgan fingerprint density at radius 3 is 2.52 bits per heavy atom. The molecule has 170 valence electrons. The number of halogens is 1. The van der Waals surface area contributed by atoms with Crippen LogP contribution in [0.3, 0.4) is 0 Å². The van der Waals surface area contributed by atoms with E-state index < -0.39 is 6.04 Å². The van der Waals surface area contributed by atoms with Gasteiger partial charge in [-0.15, -0.1) is 0 Å². The van der Waals surface area contributed by atoms with Crippen LogP contribution in [0.4, 0.5) is 0 Å². The van der Waals surface area contributed by atoms with E-state index in [0.717, 1.165) is 28.7 Å². The summed E-state index contributed by atoms with van der Waals surface area (Å²) in [5, 5.41) is 3.28. The lowest BCUT2D eigenvalue weighted by Crippen LogP contribution is -2.35. The Morgan fingerprint density at radius 2 is 1.88 bits per heavy atom. The molecule has 0 spiro atoms. The van der Waals surface area contributed by atoms with Crippen molar-refractivity contribution in [2.75, 3.05) is 6.54 Å². The zero-order chi connectivity index (χ0) is 23.4. The van der Waals surface area contributed by atoms with E-state index in [1.807, 2.05) is 61.2 Å². The number of nitrogens with zero attached hydrogens (tertiary/aromatic N) is 2. The first kappa shape index (κ1) is 23.0. The molecule has 33 heavy (non-hydrogen) atoms. The topological polar surface area (TPSA) is 78.1 Å². The fraction of sp³-hybridized carbons (Fsp3) is 0.269. The molecule has 2 heterocycles. The van der Waals surface area contributed by atoms with Gasteiger partial charge in [0.1, 0.15) is 11.5 Å². The summed E-state index contributed by atoms with van der Waals surface area (Å²) in [6.07, 6.45) is 4.97. The highest BCUT2D eigenvalue weighted by Gasteiger charge is 2.43. The monoisotopic (exact) mass is 506 g/mol. The van der Waals surface area contributed by atoms with Gasteiger partial charge in [-0.05, 0) is 38.0 Å². The van der Waals surface area contributed by atoms with Crippen LogP contribution in [-0.4, -0.2) is 39.1 Å². The number of rotatable bonds is 9. The van der Waals surface area contributed by atoms with Crippen LogP contribution < -0.4 is 5.32 Å². The summed E-state index contributed by atoms with van der Waals surface area (Å²) in [5.74, 6) is 0.611. The number of aryl methyl sites for hydroxylation is 1. The fourth-order valence-corrected chi connectivity index (χ4v) is 4.42. The minimum Gasteiger partial charge on any atom is -0.378 e. The number of carbonyl (C=O) groups is 2. The van der Waals surface area contributed by atoms with Crippen LogP contribution in [0.5, 0.6) is 0 Å². The summed E-state index contributed by atoms with van der Waals surface area (Å²) in [6, 6.07) is 16.5. The van der Waals surface area contributed by atoms with Gasteiger partial charge in [0.2, 0.25) is 0 Å². The van der Waals surface area contributed by atoms with E-state index in [1.165, 1.54) is 0 Å². The number of aromatic nitrogens is 2. The molecule has 0 saturated carbocycles. The second-order valence-corrected chi connectivity index (χ2v) is 9.29. The molecular weight excluding hydrogens is 480 g/mol. The summed E-state index contributed by atoms with van der Waals surface area (Å²) in [5.41, 5.74) is 2.37. The quantitative estimate of drug-likeness (QED) is 0.407. The highest BCUT2D eigenvalue weighted by atomic mass is 79.9. The molecule has 0 fully saturated rings. The average Bonchev–Trinajstić information content (AvgIpc) is 3.42. The van der Waals surface area contributed by atoms with Crippen LogP contribution in [0.15, 0.2) is 82.7 Å². The predicted octanol–water partition coefficient (Wildman–Crippen LogP) is 4.82. The van der Waals surface area contributed by atoms with Gasteiger partial charge >= 0.3 is 0 Å².